The van der Waals surface area contributed by atoms with Gasteiger partial charge >= 0.3 is 0 Å². The van der Waals surface area contributed by atoms with Crippen LogP contribution in [-0.4, -0.2) is 33.0 Å². The van der Waals surface area contributed by atoms with Gasteiger partial charge in [0, 0.05) is 0 Å². The van der Waals surface area contributed by atoms with Crippen LogP contribution in [0.1, 0.15) is 13.8 Å². The number of ether oxygens (including phenoxy) is 1. The molecule has 0 fully saturated rings. The summed E-state index contributed by atoms with van der Waals surface area (Å²) in [5.74, 6) is 0.938. The molecule has 1 aromatic carbocycles. The molecule has 1 aromatic rings. The molecule has 16 heavy (non-hydrogen) atoms. The highest BCUT2D eigenvalue weighted by molar-refractivity contribution is 6.87. The quantitative estimate of drug-likeness (QED) is 0.729. The Bertz CT molecular complexity index is 317. The number of methoxy groups -OCH3 is 1. The van der Waals surface area contributed by atoms with Crippen molar-refractivity contribution < 1.29 is 4.74 Å². The zero-order valence-corrected chi connectivity index (χ0v) is 12.1. The molecule has 2 nitrogen and oxygen atoms in total. The first-order valence-electron chi connectivity index (χ1n) is 5.95. The van der Waals surface area contributed by atoms with Crippen molar-refractivity contribution in [2.75, 3.05) is 20.2 Å². The molecule has 0 saturated heterocycles. The van der Waals surface area contributed by atoms with Gasteiger partial charge < -0.3 is 9.30 Å². The van der Waals surface area contributed by atoms with Crippen molar-refractivity contribution in [3.63, 3.8) is 0 Å². The number of benzene rings is 1. The maximum absolute atomic E-state index is 5.20. The molecule has 0 spiro atoms. The zero-order chi connectivity index (χ0) is 12.2. The summed E-state index contributed by atoms with van der Waals surface area (Å²) in [6.07, 6.45) is 0. The van der Waals surface area contributed by atoms with Crippen molar-refractivity contribution in [3.8, 4) is 5.75 Å². The van der Waals surface area contributed by atoms with E-state index in [-0.39, 0.29) is 0 Å². The monoisotopic (exact) mass is 237 g/mol. The van der Waals surface area contributed by atoms with Crippen LogP contribution in [0.4, 0.5) is 0 Å². The summed E-state index contributed by atoms with van der Waals surface area (Å²) in [7, 11) is 0.244. The van der Waals surface area contributed by atoms with Gasteiger partial charge in [-0.1, -0.05) is 39.1 Å². The molecule has 0 amide bonds. The molecular formula is C13H23NOSi. The van der Waals surface area contributed by atoms with E-state index in [1.165, 1.54) is 5.19 Å². The van der Waals surface area contributed by atoms with Crippen molar-refractivity contribution in [1.82, 2.24) is 4.57 Å². The third kappa shape index (κ3) is 2.65. The van der Waals surface area contributed by atoms with Crippen LogP contribution in [-0.2, 0) is 0 Å². The second-order valence-corrected chi connectivity index (χ2v) is 8.79. The highest BCUT2D eigenvalue weighted by Crippen LogP contribution is 2.13. The summed E-state index contributed by atoms with van der Waals surface area (Å²) in [6, 6.07) is 8.55. The fraction of sp³-hybridized carbons (Fsp3) is 0.538. The average Bonchev–Trinajstić information content (AvgIpc) is 2.30. The lowest BCUT2D eigenvalue weighted by atomic mass is 10.3. The van der Waals surface area contributed by atoms with Gasteiger partial charge in [0.2, 0.25) is 0 Å². The smallest absolute Gasteiger partial charge is 0.154 e. The van der Waals surface area contributed by atoms with Gasteiger partial charge in [-0.25, -0.2) is 0 Å². The predicted molar refractivity (Wildman–Crippen MR) is 73.0 cm³/mol. The van der Waals surface area contributed by atoms with Gasteiger partial charge in [-0.15, -0.1) is 0 Å². The van der Waals surface area contributed by atoms with Crippen LogP contribution in [0.15, 0.2) is 24.3 Å². The van der Waals surface area contributed by atoms with E-state index in [9.17, 15) is 0 Å². The van der Waals surface area contributed by atoms with Crippen LogP contribution in [0.25, 0.3) is 0 Å². The Labute approximate surface area is 100 Å². The fourth-order valence-electron chi connectivity index (χ4n) is 2.20. The van der Waals surface area contributed by atoms with Crippen molar-refractivity contribution in [1.29, 1.82) is 0 Å². The topological polar surface area (TPSA) is 12.5 Å². The average molecular weight is 237 g/mol. The van der Waals surface area contributed by atoms with Gasteiger partial charge in [0.15, 0.2) is 8.24 Å². The number of rotatable bonds is 5. The van der Waals surface area contributed by atoms with E-state index in [4.69, 9.17) is 4.74 Å². The van der Waals surface area contributed by atoms with E-state index < -0.39 is 8.24 Å². The number of hydrogen-bond donors (Lipinski definition) is 0. The molecule has 0 aromatic heterocycles. The van der Waals surface area contributed by atoms with Gasteiger partial charge in [-0.3, -0.25) is 0 Å². The Morgan fingerprint density at radius 3 is 1.94 bits per heavy atom. The Hall–Kier alpha value is -0.803. The second kappa shape index (κ2) is 5.50. The molecule has 0 aliphatic rings. The Morgan fingerprint density at radius 2 is 1.56 bits per heavy atom. The first-order valence-corrected chi connectivity index (χ1v) is 8.90. The highest BCUT2D eigenvalue weighted by Gasteiger charge is 2.29. The molecule has 3 heteroatoms. The maximum atomic E-state index is 5.20. The maximum Gasteiger partial charge on any atom is 0.154 e. The van der Waals surface area contributed by atoms with Crippen LogP contribution in [0.3, 0.4) is 0 Å². The van der Waals surface area contributed by atoms with Crippen LogP contribution in [0, 0.1) is 0 Å². The number of nitrogens with zero attached hydrogens (tertiary/aromatic N) is 1. The minimum atomic E-state index is -1.47. The third-order valence-corrected chi connectivity index (χ3v) is 7.31. The fourth-order valence-corrected chi connectivity index (χ4v) is 5.12. The minimum Gasteiger partial charge on any atom is -0.497 e. The predicted octanol–water partition coefficient (Wildman–Crippen LogP) is 2.45. The van der Waals surface area contributed by atoms with E-state index >= 15 is 0 Å². The third-order valence-electron chi connectivity index (χ3n) is 3.35. The van der Waals surface area contributed by atoms with Gasteiger partial charge in [0.25, 0.3) is 0 Å². The van der Waals surface area contributed by atoms with Crippen LogP contribution >= 0.6 is 0 Å². The van der Waals surface area contributed by atoms with Crippen LogP contribution in [0.5, 0.6) is 5.75 Å². The Kier molecular flexibility index (Phi) is 4.56. The largest absolute Gasteiger partial charge is 0.497 e. The van der Waals surface area contributed by atoms with Gasteiger partial charge in [0.05, 0.1) is 7.11 Å². The summed E-state index contributed by atoms with van der Waals surface area (Å²) >= 11 is 0. The SMILES string of the molecule is CCN(CC)[Si](C)(C)c1ccc(OC)cc1. The van der Waals surface area contributed by atoms with E-state index in [1.807, 2.05) is 0 Å². The summed E-state index contributed by atoms with van der Waals surface area (Å²) in [6.45, 7) is 11.5. The summed E-state index contributed by atoms with van der Waals surface area (Å²) in [4.78, 5) is 0. The molecule has 0 atom stereocenters. The molecule has 0 aliphatic heterocycles. The van der Waals surface area contributed by atoms with Crippen molar-refractivity contribution in [2.24, 2.45) is 0 Å². The molecule has 0 radical (unpaired) electrons. The zero-order valence-electron chi connectivity index (χ0n) is 11.1. The lowest BCUT2D eigenvalue weighted by molar-refractivity contribution is 0.415. The molecule has 0 heterocycles. The van der Waals surface area contributed by atoms with Crippen molar-refractivity contribution in [2.45, 2.75) is 26.9 Å². The molecule has 0 N–H and O–H groups in total. The van der Waals surface area contributed by atoms with Crippen molar-refractivity contribution in [3.05, 3.63) is 24.3 Å². The molecule has 0 unspecified atom stereocenters. The van der Waals surface area contributed by atoms with E-state index in [1.54, 1.807) is 7.11 Å². The minimum absolute atomic E-state index is 0.938. The highest BCUT2D eigenvalue weighted by atomic mass is 28.3. The van der Waals surface area contributed by atoms with E-state index in [0.717, 1.165) is 18.8 Å². The van der Waals surface area contributed by atoms with Crippen LogP contribution in [0.2, 0.25) is 13.1 Å². The molecule has 0 bridgehead atoms. The summed E-state index contributed by atoms with van der Waals surface area (Å²) < 4.78 is 7.79. The molecule has 0 saturated carbocycles. The molecule has 1 rings (SSSR count). The van der Waals surface area contributed by atoms with Gasteiger partial charge in [0.1, 0.15) is 5.75 Å². The summed E-state index contributed by atoms with van der Waals surface area (Å²) in [5, 5.41) is 1.47. The molecule has 0 aliphatic carbocycles. The normalized spacial score (nSPS) is 11.9. The number of hydrogen-bond acceptors (Lipinski definition) is 2. The van der Waals surface area contributed by atoms with E-state index in [0.29, 0.717) is 0 Å². The Balaban J connectivity index is 2.96. The molecular weight excluding hydrogens is 214 g/mol. The van der Waals surface area contributed by atoms with Crippen molar-refractivity contribution >= 4 is 13.4 Å². The van der Waals surface area contributed by atoms with E-state index in [2.05, 4.69) is 55.8 Å². The standard InChI is InChI=1S/C13H23NOSi/c1-6-14(7-2)16(4,5)13-10-8-12(15-3)9-11-13/h8-11H,6-7H2,1-5H3. The first kappa shape index (κ1) is 13.3. The lowest BCUT2D eigenvalue weighted by Crippen LogP contribution is -2.57. The van der Waals surface area contributed by atoms with Crippen LogP contribution < -0.4 is 9.92 Å². The first-order chi connectivity index (χ1) is 7.56. The van der Waals surface area contributed by atoms with Gasteiger partial charge in [-0.2, -0.15) is 0 Å². The Morgan fingerprint density at radius 1 is 1.06 bits per heavy atom. The molecule has 90 valence electrons. The second-order valence-electron chi connectivity index (χ2n) is 4.46. The van der Waals surface area contributed by atoms with Gasteiger partial charge in [-0.05, 0) is 30.4 Å². The summed E-state index contributed by atoms with van der Waals surface area (Å²) in [5.41, 5.74) is 0. The lowest BCUT2D eigenvalue weighted by Gasteiger charge is -2.35.